The van der Waals surface area contributed by atoms with Crippen LogP contribution in [0.5, 0.6) is 0 Å². The van der Waals surface area contributed by atoms with Crippen molar-refractivity contribution < 1.29 is 33.5 Å². The maximum Gasteiger partial charge on any atom is 0.318 e. The van der Waals surface area contributed by atoms with E-state index in [1.165, 1.54) is 0 Å². The fraction of sp³-hybridized carbons (Fsp3) is 0.273. The summed E-state index contributed by atoms with van der Waals surface area (Å²) in [5.74, 6) is -7.72. The Hall–Kier alpha value is -2.58. The first kappa shape index (κ1) is 15.5. The number of rotatable bonds is 6. The highest BCUT2D eigenvalue weighted by atomic mass is 19.1. The molecule has 0 fully saturated rings. The van der Waals surface area contributed by atoms with Crippen LogP contribution in [-0.2, 0) is 9.59 Å². The molecule has 0 saturated heterocycles. The zero-order valence-electron chi connectivity index (χ0n) is 9.82. The van der Waals surface area contributed by atoms with Crippen molar-refractivity contribution in [1.82, 2.24) is 0 Å². The van der Waals surface area contributed by atoms with Crippen molar-refractivity contribution in [2.45, 2.75) is 12.5 Å². The third kappa shape index (κ3) is 3.70. The molecule has 0 aliphatic heterocycles. The van der Waals surface area contributed by atoms with E-state index in [-0.39, 0.29) is 0 Å². The second-order valence-electron chi connectivity index (χ2n) is 3.97. The molecule has 0 bridgehead atoms. The molecule has 0 aromatic heterocycles. The zero-order valence-corrected chi connectivity index (χ0v) is 9.82. The van der Waals surface area contributed by atoms with E-state index in [2.05, 4.69) is 0 Å². The lowest BCUT2D eigenvalue weighted by atomic mass is 9.95. The predicted octanol–water partition coefficient (Wildman–Crippen LogP) is 1.46. The lowest BCUT2D eigenvalue weighted by molar-refractivity contribution is -0.530. The van der Waals surface area contributed by atoms with Crippen LogP contribution in [0.3, 0.4) is 0 Å². The molecular weight excluding hydrogens is 280 g/mol. The van der Waals surface area contributed by atoms with E-state index >= 15 is 0 Å². The van der Waals surface area contributed by atoms with Gasteiger partial charge in [-0.25, -0.2) is 8.78 Å². The van der Waals surface area contributed by atoms with Gasteiger partial charge in [0.25, 0.3) is 0 Å². The monoisotopic (exact) mass is 289 g/mol. The van der Waals surface area contributed by atoms with Gasteiger partial charge in [-0.05, 0) is 12.1 Å². The minimum absolute atomic E-state index is 0.431. The molecule has 0 aliphatic carbocycles. The number of benzene rings is 1. The topological polar surface area (TPSA) is 118 Å². The van der Waals surface area contributed by atoms with Gasteiger partial charge >= 0.3 is 11.9 Å². The lowest BCUT2D eigenvalue weighted by Crippen LogP contribution is -2.27. The predicted molar refractivity (Wildman–Crippen MR) is 59.5 cm³/mol. The molecule has 1 aromatic rings. The average Bonchev–Trinajstić information content (AvgIpc) is 2.26. The van der Waals surface area contributed by atoms with Gasteiger partial charge in [0.05, 0.1) is 0 Å². The van der Waals surface area contributed by atoms with Crippen molar-refractivity contribution in [2.75, 3.05) is 0 Å². The fourth-order valence-electron chi connectivity index (χ4n) is 1.64. The number of halogens is 2. The first-order valence-corrected chi connectivity index (χ1v) is 5.27. The highest BCUT2D eigenvalue weighted by molar-refractivity contribution is 5.92. The van der Waals surface area contributed by atoms with Gasteiger partial charge in [0.2, 0.25) is 6.04 Å². The molecule has 2 N–H and O–H groups in total. The third-order valence-electron chi connectivity index (χ3n) is 2.58. The summed E-state index contributed by atoms with van der Waals surface area (Å²) in [6.45, 7) is 0. The van der Waals surface area contributed by atoms with Crippen molar-refractivity contribution in [2.24, 2.45) is 5.92 Å². The van der Waals surface area contributed by atoms with E-state index in [1.54, 1.807) is 0 Å². The zero-order chi connectivity index (χ0) is 15.4. The summed E-state index contributed by atoms with van der Waals surface area (Å²) in [6.07, 6.45) is -0.916. The molecule has 0 unspecified atom stereocenters. The van der Waals surface area contributed by atoms with Gasteiger partial charge in [0.1, 0.15) is 11.6 Å². The van der Waals surface area contributed by atoms with Crippen LogP contribution in [0.4, 0.5) is 8.78 Å². The maximum absolute atomic E-state index is 13.0. The van der Waals surface area contributed by atoms with Crippen molar-refractivity contribution in [3.63, 3.8) is 0 Å². The van der Waals surface area contributed by atoms with E-state index < -0.39 is 52.4 Å². The summed E-state index contributed by atoms with van der Waals surface area (Å²) < 4.78 is 26.0. The van der Waals surface area contributed by atoms with Gasteiger partial charge in [-0.2, -0.15) is 0 Å². The summed E-state index contributed by atoms with van der Waals surface area (Å²) >= 11 is 0. The lowest BCUT2D eigenvalue weighted by Gasteiger charge is -2.13. The van der Waals surface area contributed by atoms with Crippen LogP contribution in [0.25, 0.3) is 0 Å². The Morgan fingerprint density at radius 2 is 1.60 bits per heavy atom. The number of nitrogens with zero attached hydrogens (tertiary/aromatic N) is 1. The summed E-state index contributed by atoms with van der Waals surface area (Å²) in [5, 5.41) is 28.2. The van der Waals surface area contributed by atoms with Crippen molar-refractivity contribution in [3.05, 3.63) is 45.5 Å². The molecule has 0 amide bonds. The van der Waals surface area contributed by atoms with Crippen LogP contribution in [0.15, 0.2) is 18.2 Å². The number of carbonyl (C=O) groups is 2. The molecule has 1 atom stereocenters. The Balaban J connectivity index is 3.14. The highest BCUT2D eigenvalue weighted by Crippen LogP contribution is 2.26. The summed E-state index contributed by atoms with van der Waals surface area (Å²) in [5.41, 5.74) is -0.431. The van der Waals surface area contributed by atoms with Gasteiger partial charge < -0.3 is 10.2 Å². The number of hydrogen-bond acceptors (Lipinski definition) is 4. The number of hydrogen-bond donors (Lipinski definition) is 2. The van der Waals surface area contributed by atoms with Crippen molar-refractivity contribution in [3.8, 4) is 0 Å². The molecule has 9 heteroatoms. The van der Waals surface area contributed by atoms with Crippen LogP contribution in [0, 0.1) is 27.7 Å². The Kier molecular flexibility index (Phi) is 4.68. The average molecular weight is 289 g/mol. The van der Waals surface area contributed by atoms with Gasteiger partial charge in [-0.15, -0.1) is 0 Å². The molecule has 1 aromatic carbocycles. The van der Waals surface area contributed by atoms with Crippen LogP contribution in [-0.4, -0.2) is 27.1 Å². The first-order valence-electron chi connectivity index (χ1n) is 5.27. The van der Waals surface area contributed by atoms with Gasteiger partial charge in [0, 0.05) is 23.0 Å². The van der Waals surface area contributed by atoms with Crippen LogP contribution in [0.2, 0.25) is 0 Å². The van der Waals surface area contributed by atoms with Gasteiger partial charge in [0.15, 0.2) is 5.92 Å². The smallest absolute Gasteiger partial charge is 0.318 e. The molecule has 0 saturated carbocycles. The van der Waals surface area contributed by atoms with E-state index in [0.717, 1.165) is 0 Å². The maximum atomic E-state index is 13.0. The Morgan fingerprint density at radius 1 is 1.15 bits per heavy atom. The Morgan fingerprint density at radius 3 is 1.95 bits per heavy atom. The molecule has 0 heterocycles. The molecular formula is C11H9F2NO6. The van der Waals surface area contributed by atoms with Crippen molar-refractivity contribution >= 4 is 11.9 Å². The SMILES string of the molecule is O=C(O)C(C[C@@H](c1cc(F)cc(F)c1)[N+](=O)[O-])C(=O)O. The molecule has 108 valence electrons. The van der Waals surface area contributed by atoms with Crippen LogP contribution >= 0.6 is 0 Å². The third-order valence-corrected chi connectivity index (χ3v) is 2.58. The van der Waals surface area contributed by atoms with Crippen LogP contribution < -0.4 is 0 Å². The van der Waals surface area contributed by atoms with E-state index in [0.29, 0.717) is 18.2 Å². The molecule has 0 spiro atoms. The summed E-state index contributed by atoms with van der Waals surface area (Å²) in [6, 6.07) is -0.0153. The normalized spacial score (nSPS) is 12.2. The van der Waals surface area contributed by atoms with Crippen LogP contribution in [0.1, 0.15) is 18.0 Å². The van der Waals surface area contributed by atoms with E-state index in [4.69, 9.17) is 10.2 Å². The second kappa shape index (κ2) is 6.04. The minimum atomic E-state index is -2.04. The Labute approximate surface area is 110 Å². The van der Waals surface area contributed by atoms with Crippen molar-refractivity contribution in [1.29, 1.82) is 0 Å². The largest absolute Gasteiger partial charge is 0.481 e. The van der Waals surface area contributed by atoms with Gasteiger partial charge in [-0.3, -0.25) is 19.7 Å². The molecule has 1 rings (SSSR count). The number of carboxylic acid groups (broad SMARTS) is 2. The quantitative estimate of drug-likeness (QED) is 0.465. The number of nitro groups is 1. The minimum Gasteiger partial charge on any atom is -0.481 e. The van der Waals surface area contributed by atoms with E-state index in [9.17, 15) is 28.5 Å². The first-order chi connectivity index (χ1) is 9.22. The van der Waals surface area contributed by atoms with Gasteiger partial charge in [-0.1, -0.05) is 0 Å². The fourth-order valence-corrected chi connectivity index (χ4v) is 1.64. The molecule has 7 nitrogen and oxygen atoms in total. The molecule has 0 radical (unpaired) electrons. The standard InChI is InChI=1S/C11H9F2NO6/c12-6-1-5(2-7(13)3-6)9(14(19)20)4-8(10(15)16)11(17)18/h1-3,8-9H,4H2,(H,15,16)(H,17,18)/t9-/m0/s1. The summed E-state index contributed by atoms with van der Waals surface area (Å²) in [4.78, 5) is 31.3. The second-order valence-corrected chi connectivity index (χ2v) is 3.97. The number of carboxylic acids is 2. The summed E-state index contributed by atoms with van der Waals surface area (Å²) in [7, 11) is 0. The van der Waals surface area contributed by atoms with E-state index in [1.807, 2.05) is 0 Å². The Bertz CT molecular complexity index is 528. The molecule has 0 aliphatic rings. The highest BCUT2D eigenvalue weighted by Gasteiger charge is 2.36. The number of aliphatic carboxylic acids is 2. The molecule has 20 heavy (non-hydrogen) atoms.